The number of benzene rings is 1. The predicted molar refractivity (Wildman–Crippen MR) is 98.2 cm³/mol. The lowest BCUT2D eigenvalue weighted by Gasteiger charge is -2.37. The number of hydrogen-bond donors (Lipinski definition) is 0. The largest absolute Gasteiger partial charge is 0.344 e. The summed E-state index contributed by atoms with van der Waals surface area (Å²) in [5.41, 5.74) is 3.12. The normalized spacial score (nSPS) is 21.5. The van der Waals surface area contributed by atoms with Crippen molar-refractivity contribution in [3.8, 4) is 6.07 Å². The van der Waals surface area contributed by atoms with E-state index in [1.165, 1.54) is 36.6 Å². The van der Waals surface area contributed by atoms with Crippen LogP contribution in [0.3, 0.4) is 0 Å². The van der Waals surface area contributed by atoms with Crippen LogP contribution in [0.1, 0.15) is 50.7 Å². The summed E-state index contributed by atoms with van der Waals surface area (Å²) in [7, 11) is 0. The zero-order valence-corrected chi connectivity index (χ0v) is 15.1. The van der Waals surface area contributed by atoms with Gasteiger partial charge in [0.2, 0.25) is 0 Å². The number of nitriles is 1. The molecule has 3 nitrogen and oxygen atoms in total. The van der Waals surface area contributed by atoms with E-state index in [1.54, 1.807) is 0 Å². The highest BCUT2D eigenvalue weighted by atomic mass is 32.2. The minimum atomic E-state index is 0.342. The predicted octanol–water partition coefficient (Wildman–Crippen LogP) is 4.87. The summed E-state index contributed by atoms with van der Waals surface area (Å²) >= 11 is 1.91. The maximum atomic E-state index is 9.02. The molecule has 1 spiro atoms. The van der Waals surface area contributed by atoms with Crippen LogP contribution in [0.2, 0.25) is 0 Å². The number of amidine groups is 1. The molecule has 2 aliphatic rings. The molecule has 23 heavy (non-hydrogen) atoms. The molecule has 0 N–H and O–H groups in total. The van der Waals surface area contributed by atoms with E-state index >= 15 is 0 Å². The van der Waals surface area contributed by atoms with Gasteiger partial charge in [0.05, 0.1) is 22.9 Å². The maximum absolute atomic E-state index is 9.02. The van der Waals surface area contributed by atoms with Gasteiger partial charge in [-0.15, -0.1) is 0 Å². The minimum absolute atomic E-state index is 0.342. The Morgan fingerprint density at radius 3 is 2.70 bits per heavy atom. The van der Waals surface area contributed by atoms with Crippen LogP contribution in [0, 0.1) is 24.2 Å². The van der Waals surface area contributed by atoms with Crippen LogP contribution >= 0.6 is 11.8 Å². The van der Waals surface area contributed by atoms with Gasteiger partial charge in [0.25, 0.3) is 0 Å². The number of aryl methyl sites for hydroxylation is 1. The Morgan fingerprint density at radius 1 is 1.35 bits per heavy atom. The average molecular weight is 327 g/mol. The molecule has 0 unspecified atom stereocenters. The van der Waals surface area contributed by atoms with Gasteiger partial charge < -0.3 is 4.90 Å². The Kier molecular flexibility index (Phi) is 4.68. The molecule has 1 aliphatic heterocycles. The summed E-state index contributed by atoms with van der Waals surface area (Å²) in [6.45, 7) is 7.70. The lowest BCUT2D eigenvalue weighted by atomic mass is 9.97. The summed E-state index contributed by atoms with van der Waals surface area (Å²) in [5.74, 6) is 1.81. The summed E-state index contributed by atoms with van der Waals surface area (Å²) in [4.78, 5) is 7.57. The van der Waals surface area contributed by atoms with Crippen molar-refractivity contribution in [3.63, 3.8) is 0 Å². The average Bonchev–Trinajstić information content (AvgIpc) is 3.12. The van der Waals surface area contributed by atoms with Crippen LogP contribution in [0.25, 0.3) is 0 Å². The molecule has 4 heteroatoms. The quantitative estimate of drug-likeness (QED) is 0.795. The van der Waals surface area contributed by atoms with E-state index < -0.39 is 0 Å². The molecule has 3 rings (SSSR count). The summed E-state index contributed by atoms with van der Waals surface area (Å²) in [5, 5.41) is 10.2. The summed E-state index contributed by atoms with van der Waals surface area (Å²) < 4.78 is 0. The molecule has 1 saturated carbocycles. The Morgan fingerprint density at radius 2 is 2.09 bits per heavy atom. The van der Waals surface area contributed by atoms with E-state index in [2.05, 4.69) is 24.8 Å². The van der Waals surface area contributed by atoms with Gasteiger partial charge in [-0.3, -0.25) is 0 Å². The Balaban J connectivity index is 1.93. The molecule has 1 aromatic carbocycles. The molecule has 0 bridgehead atoms. The van der Waals surface area contributed by atoms with E-state index in [0.717, 1.165) is 17.8 Å². The summed E-state index contributed by atoms with van der Waals surface area (Å²) in [6.07, 6.45) is 5.30. The van der Waals surface area contributed by atoms with Crippen LogP contribution in [0.5, 0.6) is 0 Å². The van der Waals surface area contributed by atoms with Gasteiger partial charge in [0.1, 0.15) is 0 Å². The van der Waals surface area contributed by atoms with Crippen molar-refractivity contribution in [3.05, 3.63) is 29.3 Å². The molecule has 1 aliphatic carbocycles. The lowest BCUT2D eigenvalue weighted by Crippen LogP contribution is -2.46. The molecule has 1 aromatic rings. The molecule has 122 valence electrons. The Hall–Kier alpha value is -1.47. The first-order valence-electron chi connectivity index (χ1n) is 8.54. The highest BCUT2D eigenvalue weighted by molar-refractivity contribution is 8.14. The number of rotatable bonds is 3. The summed E-state index contributed by atoms with van der Waals surface area (Å²) in [6, 6.07) is 7.97. The maximum Gasteiger partial charge on any atom is 0.164 e. The third-order valence-electron chi connectivity index (χ3n) is 4.90. The van der Waals surface area contributed by atoms with Crippen molar-refractivity contribution in [1.29, 1.82) is 5.26 Å². The zero-order valence-electron chi connectivity index (χ0n) is 14.3. The van der Waals surface area contributed by atoms with E-state index in [0.29, 0.717) is 17.0 Å². The Labute approximate surface area is 143 Å². The van der Waals surface area contributed by atoms with Gasteiger partial charge in [0.15, 0.2) is 5.17 Å². The van der Waals surface area contributed by atoms with Gasteiger partial charge in [-0.2, -0.15) is 5.26 Å². The highest BCUT2D eigenvalue weighted by Gasteiger charge is 2.46. The van der Waals surface area contributed by atoms with Gasteiger partial charge in [0, 0.05) is 12.3 Å². The molecule has 0 aromatic heterocycles. The number of nitrogens with zero attached hydrogens (tertiary/aromatic N) is 3. The lowest BCUT2D eigenvalue weighted by molar-refractivity contribution is 0.198. The van der Waals surface area contributed by atoms with Gasteiger partial charge >= 0.3 is 0 Å². The van der Waals surface area contributed by atoms with E-state index in [1.807, 2.05) is 36.9 Å². The highest BCUT2D eigenvalue weighted by Crippen LogP contribution is 2.45. The van der Waals surface area contributed by atoms with E-state index in [9.17, 15) is 0 Å². The third-order valence-corrected chi connectivity index (χ3v) is 6.15. The second-order valence-electron chi connectivity index (χ2n) is 7.23. The second-order valence-corrected chi connectivity index (χ2v) is 8.17. The fourth-order valence-corrected chi connectivity index (χ4v) is 5.12. The van der Waals surface area contributed by atoms with E-state index in [-0.39, 0.29) is 0 Å². The topological polar surface area (TPSA) is 39.4 Å². The van der Waals surface area contributed by atoms with Crippen molar-refractivity contribution in [2.24, 2.45) is 10.9 Å². The third kappa shape index (κ3) is 3.26. The SMILES string of the molecule is Cc1cc(C#N)ccc1/N=C1/SCC2(CCCC2)N1CC(C)C. The molecule has 0 atom stereocenters. The Bertz CT molecular complexity index is 651. The van der Waals surface area contributed by atoms with Crippen LogP contribution in [0.15, 0.2) is 23.2 Å². The number of aliphatic imine (C=N–C) groups is 1. The van der Waals surface area contributed by atoms with Crippen molar-refractivity contribution in [2.45, 2.75) is 52.0 Å². The molecule has 0 amide bonds. The van der Waals surface area contributed by atoms with Crippen molar-refractivity contribution in [1.82, 2.24) is 4.90 Å². The van der Waals surface area contributed by atoms with Gasteiger partial charge in [-0.25, -0.2) is 4.99 Å². The van der Waals surface area contributed by atoms with Crippen LogP contribution < -0.4 is 0 Å². The standard InChI is InChI=1S/C19H25N3S/c1-14(2)12-22-18(23-13-19(22)8-4-5-9-19)21-17-7-6-16(11-20)10-15(17)3/h6-7,10,14H,4-5,8-9,12-13H2,1-3H3/b21-18+. The molecule has 0 radical (unpaired) electrons. The molecular formula is C19H25N3S. The van der Waals surface area contributed by atoms with Crippen LogP contribution in [0.4, 0.5) is 5.69 Å². The molecule has 1 saturated heterocycles. The van der Waals surface area contributed by atoms with Crippen LogP contribution in [-0.4, -0.2) is 27.9 Å². The fraction of sp³-hybridized carbons (Fsp3) is 0.579. The molecular weight excluding hydrogens is 302 g/mol. The van der Waals surface area contributed by atoms with Gasteiger partial charge in [-0.1, -0.05) is 38.5 Å². The first-order chi connectivity index (χ1) is 11.0. The fourth-order valence-electron chi connectivity index (χ4n) is 3.69. The van der Waals surface area contributed by atoms with Crippen molar-refractivity contribution >= 4 is 22.6 Å². The van der Waals surface area contributed by atoms with E-state index in [4.69, 9.17) is 10.3 Å². The number of hydrogen-bond acceptors (Lipinski definition) is 3. The van der Waals surface area contributed by atoms with Gasteiger partial charge in [-0.05, 0) is 49.4 Å². The van der Waals surface area contributed by atoms with Crippen molar-refractivity contribution < 1.29 is 0 Å². The first kappa shape index (κ1) is 16.4. The smallest absolute Gasteiger partial charge is 0.164 e. The zero-order chi connectivity index (χ0) is 16.4. The first-order valence-corrected chi connectivity index (χ1v) is 9.52. The van der Waals surface area contributed by atoms with Crippen molar-refractivity contribution in [2.75, 3.05) is 12.3 Å². The minimum Gasteiger partial charge on any atom is -0.344 e. The molecule has 2 fully saturated rings. The second kappa shape index (κ2) is 6.57. The van der Waals surface area contributed by atoms with Crippen LogP contribution in [-0.2, 0) is 0 Å². The monoisotopic (exact) mass is 327 g/mol. The number of thioether (sulfide) groups is 1. The molecule has 1 heterocycles.